The molecule has 1 saturated heterocycles. The number of H-pyrrole nitrogens is 1. The summed E-state index contributed by atoms with van der Waals surface area (Å²) in [6.07, 6.45) is 4.02. The Kier molecular flexibility index (Phi) is 4.39. The van der Waals surface area contributed by atoms with Crippen LogP contribution in [-0.2, 0) is 0 Å². The molecule has 3 rings (SSSR count). The number of rotatable bonds is 5. The Balaban J connectivity index is 1.66. The molecule has 1 aliphatic rings. The predicted molar refractivity (Wildman–Crippen MR) is 85.6 cm³/mol. The summed E-state index contributed by atoms with van der Waals surface area (Å²) in [5.74, 6) is 1.71. The van der Waals surface area contributed by atoms with Gasteiger partial charge in [-0.25, -0.2) is 0 Å². The molecule has 0 amide bonds. The molecule has 0 aliphatic carbocycles. The zero-order valence-electron chi connectivity index (χ0n) is 12.9. The van der Waals surface area contributed by atoms with Crippen LogP contribution >= 0.6 is 0 Å². The fraction of sp³-hybridized carbons (Fsp3) is 0.643. The van der Waals surface area contributed by atoms with Crippen molar-refractivity contribution in [2.45, 2.75) is 12.8 Å². The van der Waals surface area contributed by atoms with E-state index in [4.69, 9.17) is 10.8 Å². The van der Waals surface area contributed by atoms with Crippen LogP contribution in [0.4, 0.5) is 11.8 Å². The summed E-state index contributed by atoms with van der Waals surface area (Å²) >= 11 is 0. The molecule has 0 saturated carbocycles. The second kappa shape index (κ2) is 6.45. The van der Waals surface area contributed by atoms with E-state index in [2.05, 4.69) is 30.0 Å². The van der Waals surface area contributed by atoms with Gasteiger partial charge >= 0.3 is 0 Å². The van der Waals surface area contributed by atoms with E-state index in [1.54, 1.807) is 6.20 Å². The molecule has 0 radical (unpaired) electrons. The number of aromatic nitrogens is 4. The summed E-state index contributed by atoms with van der Waals surface area (Å²) in [7, 11) is 2.04. The van der Waals surface area contributed by atoms with Gasteiger partial charge in [-0.3, -0.25) is 5.10 Å². The number of nitrogen functional groups attached to an aromatic ring is 1. The first kappa shape index (κ1) is 15.0. The number of aliphatic hydroxyl groups excluding tert-OH is 1. The van der Waals surface area contributed by atoms with E-state index in [9.17, 15) is 0 Å². The van der Waals surface area contributed by atoms with Crippen molar-refractivity contribution in [3.05, 3.63) is 6.20 Å². The maximum absolute atomic E-state index is 9.00. The van der Waals surface area contributed by atoms with E-state index >= 15 is 0 Å². The van der Waals surface area contributed by atoms with E-state index in [1.165, 1.54) is 0 Å². The molecule has 1 fully saturated rings. The number of β-amino-alcohol motifs (C(OH)–C–C–N with tert-alkyl or cyclic N) is 1. The van der Waals surface area contributed by atoms with Crippen LogP contribution in [0.15, 0.2) is 6.20 Å². The van der Waals surface area contributed by atoms with Crippen LogP contribution in [0.1, 0.15) is 12.8 Å². The van der Waals surface area contributed by atoms with Crippen LogP contribution in [0.2, 0.25) is 0 Å². The summed E-state index contributed by atoms with van der Waals surface area (Å²) in [4.78, 5) is 13.0. The first-order valence-corrected chi connectivity index (χ1v) is 7.68. The van der Waals surface area contributed by atoms with Crippen LogP contribution in [0.25, 0.3) is 11.0 Å². The summed E-state index contributed by atoms with van der Waals surface area (Å²) < 4.78 is 0. The first-order chi connectivity index (χ1) is 10.7. The minimum atomic E-state index is 0.239. The molecule has 8 nitrogen and oxygen atoms in total. The van der Waals surface area contributed by atoms with Crippen LogP contribution in [0.5, 0.6) is 0 Å². The SMILES string of the molecule is CN(CC1CCN(CCO)CC1)c1nc(N)nc2[nH]ncc12. The van der Waals surface area contributed by atoms with Gasteiger partial charge in [0, 0.05) is 20.1 Å². The highest BCUT2D eigenvalue weighted by Gasteiger charge is 2.21. The van der Waals surface area contributed by atoms with Gasteiger partial charge in [0.25, 0.3) is 0 Å². The fourth-order valence-corrected chi connectivity index (χ4v) is 3.14. The molecular formula is C14H23N7O. The summed E-state index contributed by atoms with van der Waals surface area (Å²) in [5.41, 5.74) is 6.45. The van der Waals surface area contributed by atoms with Gasteiger partial charge in [0.05, 0.1) is 18.2 Å². The Bertz CT molecular complexity index is 621. The molecule has 0 unspecified atom stereocenters. The number of anilines is 2. The summed E-state index contributed by atoms with van der Waals surface area (Å²) in [6.45, 7) is 4.05. The average Bonchev–Trinajstić information content (AvgIpc) is 2.96. The molecule has 120 valence electrons. The normalized spacial score (nSPS) is 17.2. The molecule has 4 N–H and O–H groups in total. The second-order valence-electron chi connectivity index (χ2n) is 5.93. The van der Waals surface area contributed by atoms with E-state index in [1.807, 2.05) is 7.05 Å². The summed E-state index contributed by atoms with van der Waals surface area (Å²) in [5, 5.41) is 16.8. The maximum Gasteiger partial charge on any atom is 0.224 e. The Labute approximate surface area is 129 Å². The van der Waals surface area contributed by atoms with Crippen molar-refractivity contribution >= 4 is 22.8 Å². The highest BCUT2D eigenvalue weighted by atomic mass is 16.3. The first-order valence-electron chi connectivity index (χ1n) is 7.68. The lowest BCUT2D eigenvalue weighted by atomic mass is 9.96. The third-order valence-electron chi connectivity index (χ3n) is 4.32. The van der Waals surface area contributed by atoms with Crippen molar-refractivity contribution in [3.63, 3.8) is 0 Å². The highest BCUT2D eigenvalue weighted by Crippen LogP contribution is 2.25. The molecule has 2 aromatic heterocycles. The number of hydrogen-bond donors (Lipinski definition) is 3. The molecule has 2 aromatic rings. The lowest BCUT2D eigenvalue weighted by molar-refractivity contribution is 0.149. The number of nitrogens with two attached hydrogens (primary N) is 1. The number of hydrogen-bond acceptors (Lipinski definition) is 7. The van der Waals surface area contributed by atoms with E-state index in [0.717, 1.165) is 50.2 Å². The van der Waals surface area contributed by atoms with Crippen molar-refractivity contribution in [1.29, 1.82) is 0 Å². The number of nitrogens with one attached hydrogen (secondary N) is 1. The zero-order valence-corrected chi connectivity index (χ0v) is 12.9. The Hall–Kier alpha value is -1.93. The number of likely N-dealkylation sites (tertiary alicyclic amines) is 1. The number of aromatic amines is 1. The van der Waals surface area contributed by atoms with Gasteiger partial charge in [-0.2, -0.15) is 15.1 Å². The van der Waals surface area contributed by atoms with Crippen LogP contribution in [0, 0.1) is 5.92 Å². The standard InChI is InChI=1S/C14H23N7O/c1-20(9-10-2-4-21(5-3-10)6-7-22)13-11-8-16-19-12(11)17-14(15)18-13/h8,10,22H,2-7,9H2,1H3,(H3,15,16,17,18,19). The molecule has 0 spiro atoms. The average molecular weight is 305 g/mol. The Morgan fingerprint density at radius 1 is 1.41 bits per heavy atom. The van der Waals surface area contributed by atoms with Crippen LogP contribution in [0.3, 0.4) is 0 Å². The number of nitrogens with zero attached hydrogens (tertiary/aromatic N) is 5. The number of piperidine rings is 1. The minimum absolute atomic E-state index is 0.239. The maximum atomic E-state index is 9.00. The molecule has 0 aromatic carbocycles. The lowest BCUT2D eigenvalue weighted by Gasteiger charge is -2.33. The molecular weight excluding hydrogens is 282 g/mol. The molecule has 8 heteroatoms. The van der Waals surface area contributed by atoms with Crippen LogP contribution < -0.4 is 10.6 Å². The lowest BCUT2D eigenvalue weighted by Crippen LogP contribution is -2.39. The van der Waals surface area contributed by atoms with Crippen molar-refractivity contribution in [2.75, 3.05) is 50.5 Å². The number of fused-ring (bicyclic) bond motifs is 1. The largest absolute Gasteiger partial charge is 0.395 e. The monoisotopic (exact) mass is 305 g/mol. The smallest absolute Gasteiger partial charge is 0.224 e. The van der Waals surface area contributed by atoms with E-state index in [0.29, 0.717) is 11.6 Å². The van der Waals surface area contributed by atoms with Gasteiger partial charge in [0.15, 0.2) is 5.65 Å². The highest BCUT2D eigenvalue weighted by molar-refractivity contribution is 5.87. The van der Waals surface area contributed by atoms with Crippen LogP contribution in [-0.4, -0.2) is 70.0 Å². The van der Waals surface area contributed by atoms with Gasteiger partial charge in [-0.1, -0.05) is 0 Å². The van der Waals surface area contributed by atoms with Gasteiger partial charge in [-0.05, 0) is 31.8 Å². The van der Waals surface area contributed by atoms with Crippen molar-refractivity contribution < 1.29 is 5.11 Å². The third kappa shape index (κ3) is 3.12. The Morgan fingerprint density at radius 2 is 2.18 bits per heavy atom. The van der Waals surface area contributed by atoms with Gasteiger partial charge in [0.1, 0.15) is 5.82 Å². The topological polar surface area (TPSA) is 107 Å². The van der Waals surface area contributed by atoms with Crippen molar-refractivity contribution in [2.24, 2.45) is 5.92 Å². The zero-order chi connectivity index (χ0) is 15.5. The summed E-state index contributed by atoms with van der Waals surface area (Å²) in [6, 6.07) is 0. The van der Waals surface area contributed by atoms with Gasteiger partial charge in [0.2, 0.25) is 5.95 Å². The van der Waals surface area contributed by atoms with Gasteiger partial charge < -0.3 is 20.6 Å². The van der Waals surface area contributed by atoms with E-state index in [-0.39, 0.29) is 12.6 Å². The Morgan fingerprint density at radius 3 is 2.91 bits per heavy atom. The predicted octanol–water partition coefficient (Wildman–Crippen LogP) is 0.0756. The van der Waals surface area contributed by atoms with Gasteiger partial charge in [-0.15, -0.1) is 0 Å². The van der Waals surface area contributed by atoms with E-state index < -0.39 is 0 Å². The molecule has 0 bridgehead atoms. The third-order valence-corrected chi connectivity index (χ3v) is 4.32. The quantitative estimate of drug-likeness (QED) is 0.718. The second-order valence-corrected chi connectivity index (χ2v) is 5.93. The number of aliphatic hydroxyl groups is 1. The molecule has 1 aliphatic heterocycles. The van der Waals surface area contributed by atoms with Crippen molar-refractivity contribution in [3.8, 4) is 0 Å². The minimum Gasteiger partial charge on any atom is -0.395 e. The molecule has 22 heavy (non-hydrogen) atoms. The fourth-order valence-electron chi connectivity index (χ4n) is 3.14. The molecule has 3 heterocycles. The van der Waals surface area contributed by atoms with Crippen molar-refractivity contribution in [1.82, 2.24) is 25.1 Å². The molecule has 0 atom stereocenters.